The Labute approximate surface area is 182 Å². The second kappa shape index (κ2) is 10.5. The monoisotopic (exact) mass is 430 g/mol. The average molecular weight is 431 g/mol. The molecule has 3 rings (SSSR count). The summed E-state index contributed by atoms with van der Waals surface area (Å²) in [6, 6.07) is 13.5. The second-order valence-corrected chi connectivity index (χ2v) is 7.42. The molecule has 3 N–H and O–H groups in total. The largest absolute Gasteiger partial charge is 0.493 e. The van der Waals surface area contributed by atoms with Crippen LogP contribution in [0, 0.1) is 5.92 Å². The van der Waals surface area contributed by atoms with Gasteiger partial charge in [0.1, 0.15) is 6.23 Å². The van der Waals surface area contributed by atoms with Crippen molar-refractivity contribution in [3.63, 3.8) is 0 Å². The minimum atomic E-state index is -0.874. The number of ether oxygens (including phenoxy) is 4. The molecule has 31 heavy (non-hydrogen) atoms. The van der Waals surface area contributed by atoms with Crippen LogP contribution in [0.3, 0.4) is 0 Å². The van der Waals surface area contributed by atoms with Crippen LogP contribution < -0.4 is 25.1 Å². The Morgan fingerprint density at radius 3 is 2.29 bits per heavy atom. The number of carbonyl (C=O) groups is 1. The summed E-state index contributed by atoms with van der Waals surface area (Å²) < 4.78 is 21.6. The van der Waals surface area contributed by atoms with E-state index in [0.29, 0.717) is 23.7 Å². The first-order valence-electron chi connectivity index (χ1n) is 10.1. The highest BCUT2D eigenvalue weighted by atomic mass is 16.5. The molecule has 4 atom stereocenters. The summed E-state index contributed by atoms with van der Waals surface area (Å²) in [7, 11) is 5.98. The van der Waals surface area contributed by atoms with E-state index in [0.717, 1.165) is 11.1 Å². The minimum Gasteiger partial charge on any atom is -0.493 e. The lowest BCUT2D eigenvalue weighted by Gasteiger charge is -2.31. The van der Waals surface area contributed by atoms with Crippen molar-refractivity contribution >= 4 is 5.97 Å². The number of benzene rings is 2. The summed E-state index contributed by atoms with van der Waals surface area (Å²) in [6.45, 7) is 0. The van der Waals surface area contributed by atoms with E-state index in [1.807, 2.05) is 36.4 Å². The molecule has 0 spiro atoms. The van der Waals surface area contributed by atoms with Gasteiger partial charge in [-0.1, -0.05) is 36.4 Å². The van der Waals surface area contributed by atoms with Crippen LogP contribution in [0.2, 0.25) is 0 Å². The smallest absolute Gasteiger partial charge is 0.306 e. The van der Waals surface area contributed by atoms with Crippen LogP contribution in [-0.2, 0) is 16.0 Å². The van der Waals surface area contributed by atoms with E-state index in [-0.39, 0.29) is 24.3 Å². The molecule has 1 aliphatic rings. The molecule has 168 valence electrons. The highest BCUT2D eigenvalue weighted by molar-refractivity contribution is 5.71. The maximum atomic E-state index is 12.4. The topological polar surface area (TPSA) is 98.3 Å². The van der Waals surface area contributed by atoms with E-state index >= 15 is 0 Å². The van der Waals surface area contributed by atoms with E-state index < -0.39 is 12.1 Å². The lowest BCUT2D eigenvalue weighted by molar-refractivity contribution is -0.141. The zero-order valence-corrected chi connectivity index (χ0v) is 18.3. The summed E-state index contributed by atoms with van der Waals surface area (Å²) in [5, 5.41) is 10.8. The average Bonchev–Trinajstić information content (AvgIpc) is 3.16. The first kappa shape index (κ1) is 22.9. The Kier molecular flexibility index (Phi) is 7.73. The predicted octanol–water partition coefficient (Wildman–Crippen LogP) is 2.01. The summed E-state index contributed by atoms with van der Waals surface area (Å²) in [6.07, 6.45) is -0.136. The number of carbonyl (C=O) groups excluding carboxylic acids is 1. The molecule has 2 aromatic carbocycles. The maximum absolute atomic E-state index is 12.4. The highest BCUT2D eigenvalue weighted by Gasteiger charge is 2.43. The van der Waals surface area contributed by atoms with Gasteiger partial charge in [-0.15, -0.1) is 0 Å². The molecule has 0 aromatic heterocycles. The quantitative estimate of drug-likeness (QED) is 0.520. The van der Waals surface area contributed by atoms with Gasteiger partial charge in [-0.3, -0.25) is 10.2 Å². The third-order valence-electron chi connectivity index (χ3n) is 5.76. The van der Waals surface area contributed by atoms with Gasteiger partial charge in [0.25, 0.3) is 0 Å². The number of hydrogen-bond donors (Lipinski definition) is 3. The number of aliphatic hydroxyl groups excluding tert-OH is 1. The van der Waals surface area contributed by atoms with Gasteiger partial charge < -0.3 is 24.1 Å². The Balaban J connectivity index is 2.05. The van der Waals surface area contributed by atoms with Gasteiger partial charge in [-0.05, 0) is 18.1 Å². The number of hydrogen-bond acceptors (Lipinski definition) is 8. The number of nitrogens with one attached hydrogen (secondary N) is 2. The lowest BCUT2D eigenvalue weighted by atomic mass is 9.77. The zero-order valence-electron chi connectivity index (χ0n) is 18.3. The minimum absolute atomic E-state index is 0.0682. The van der Waals surface area contributed by atoms with Crippen LogP contribution in [0.15, 0.2) is 42.5 Å². The first-order chi connectivity index (χ1) is 15.0. The maximum Gasteiger partial charge on any atom is 0.306 e. The zero-order chi connectivity index (χ0) is 22.4. The third-order valence-corrected chi connectivity index (χ3v) is 5.76. The summed E-state index contributed by atoms with van der Waals surface area (Å²) in [5.41, 5.74) is 7.97. The van der Waals surface area contributed by atoms with Gasteiger partial charge in [0.05, 0.1) is 34.9 Å². The Bertz CT molecular complexity index is 876. The molecular formula is C23H30N2O6. The van der Waals surface area contributed by atoms with Crippen molar-refractivity contribution in [1.82, 2.24) is 10.9 Å². The van der Waals surface area contributed by atoms with Gasteiger partial charge >= 0.3 is 5.97 Å². The molecule has 0 radical (unpaired) electrons. The van der Waals surface area contributed by atoms with Crippen molar-refractivity contribution in [2.75, 3.05) is 28.4 Å². The molecule has 0 bridgehead atoms. The van der Waals surface area contributed by atoms with E-state index in [2.05, 4.69) is 10.9 Å². The third kappa shape index (κ3) is 4.92. The van der Waals surface area contributed by atoms with Crippen LogP contribution in [0.1, 0.15) is 23.5 Å². The van der Waals surface area contributed by atoms with Crippen LogP contribution in [-0.4, -0.2) is 51.8 Å². The molecule has 1 saturated heterocycles. The van der Waals surface area contributed by atoms with Crippen molar-refractivity contribution in [3.8, 4) is 17.2 Å². The van der Waals surface area contributed by atoms with Crippen LogP contribution in [0.25, 0.3) is 0 Å². The van der Waals surface area contributed by atoms with E-state index in [4.69, 9.17) is 18.9 Å². The SMILES string of the molecule is COC(=O)CC(c1ccc(OC)c(OC)c1OC)C1C(O)NNC1Cc1ccccc1. The molecule has 1 fully saturated rings. The van der Waals surface area contributed by atoms with Crippen molar-refractivity contribution in [3.05, 3.63) is 53.6 Å². The number of rotatable bonds is 9. The van der Waals surface area contributed by atoms with Gasteiger partial charge in [0.15, 0.2) is 11.5 Å². The first-order valence-corrected chi connectivity index (χ1v) is 10.1. The number of hydrazine groups is 1. The fourth-order valence-electron chi connectivity index (χ4n) is 4.29. The molecular weight excluding hydrogens is 400 g/mol. The molecule has 1 heterocycles. The van der Waals surface area contributed by atoms with Crippen molar-refractivity contribution in [2.45, 2.75) is 31.0 Å². The Morgan fingerprint density at radius 1 is 0.968 bits per heavy atom. The molecule has 1 aliphatic heterocycles. The van der Waals surface area contributed by atoms with E-state index in [1.165, 1.54) is 14.2 Å². The number of esters is 1. The summed E-state index contributed by atoms with van der Waals surface area (Å²) >= 11 is 0. The fourth-order valence-corrected chi connectivity index (χ4v) is 4.29. The van der Waals surface area contributed by atoms with Crippen molar-refractivity contribution in [2.24, 2.45) is 5.92 Å². The molecule has 4 unspecified atom stereocenters. The van der Waals surface area contributed by atoms with Crippen LogP contribution in [0.5, 0.6) is 17.2 Å². The fraction of sp³-hybridized carbons (Fsp3) is 0.435. The van der Waals surface area contributed by atoms with Gasteiger partial charge in [0, 0.05) is 23.4 Å². The van der Waals surface area contributed by atoms with Gasteiger partial charge in [-0.25, -0.2) is 5.43 Å². The van der Waals surface area contributed by atoms with Crippen LogP contribution in [0.4, 0.5) is 0 Å². The summed E-state index contributed by atoms with van der Waals surface area (Å²) in [4.78, 5) is 12.4. The Hall–Kier alpha value is -2.81. The van der Waals surface area contributed by atoms with Crippen molar-refractivity contribution < 1.29 is 28.8 Å². The van der Waals surface area contributed by atoms with Crippen LogP contribution >= 0.6 is 0 Å². The van der Waals surface area contributed by atoms with E-state index in [1.54, 1.807) is 20.3 Å². The number of methoxy groups -OCH3 is 4. The molecule has 0 aliphatic carbocycles. The Morgan fingerprint density at radius 2 is 1.68 bits per heavy atom. The van der Waals surface area contributed by atoms with Gasteiger partial charge in [-0.2, -0.15) is 0 Å². The summed E-state index contributed by atoms with van der Waals surface area (Å²) in [5.74, 6) is 0.293. The van der Waals surface area contributed by atoms with E-state index in [9.17, 15) is 9.90 Å². The van der Waals surface area contributed by atoms with Gasteiger partial charge in [0.2, 0.25) is 5.75 Å². The standard InChI is InChI=1S/C23H30N2O6/c1-28-18-11-10-15(21(30-3)22(18)31-4)16(13-19(26)29-2)20-17(24-25-23(20)27)12-14-8-6-5-7-9-14/h5-11,16-17,20,23-25,27H,12-13H2,1-4H3. The molecule has 8 heteroatoms. The predicted molar refractivity (Wildman–Crippen MR) is 115 cm³/mol. The second-order valence-electron chi connectivity index (χ2n) is 7.42. The van der Waals surface area contributed by atoms with Crippen molar-refractivity contribution in [1.29, 1.82) is 0 Å². The molecule has 8 nitrogen and oxygen atoms in total. The lowest BCUT2D eigenvalue weighted by Crippen LogP contribution is -2.36. The highest BCUT2D eigenvalue weighted by Crippen LogP contribution is 2.47. The molecule has 2 aromatic rings. The normalized spacial score (nSPS) is 21.4. The number of aliphatic hydroxyl groups is 1. The molecule has 0 saturated carbocycles. The molecule has 0 amide bonds.